The van der Waals surface area contributed by atoms with Crippen molar-refractivity contribution in [3.63, 3.8) is 0 Å². The number of benzene rings is 2. The summed E-state index contributed by atoms with van der Waals surface area (Å²) in [6.45, 7) is 3.97. The third-order valence-corrected chi connectivity index (χ3v) is 4.09. The van der Waals surface area contributed by atoms with Gasteiger partial charge in [0.05, 0.1) is 12.8 Å². The van der Waals surface area contributed by atoms with Gasteiger partial charge < -0.3 is 14.8 Å². The van der Waals surface area contributed by atoms with Crippen LogP contribution in [-0.2, 0) is 19.7 Å². The number of aryl methyl sites for hydroxylation is 1. The fourth-order valence-electron chi connectivity index (χ4n) is 2.81. The number of pyridine rings is 1. The Balaban J connectivity index is 1.69. The highest BCUT2D eigenvalue weighted by atomic mass is 16.5. The summed E-state index contributed by atoms with van der Waals surface area (Å²) in [4.78, 5) is 4.33. The zero-order valence-corrected chi connectivity index (χ0v) is 15.2. The van der Waals surface area contributed by atoms with Gasteiger partial charge in [-0.3, -0.25) is 4.98 Å². The average molecular weight is 348 g/mol. The van der Waals surface area contributed by atoms with Crippen molar-refractivity contribution in [2.45, 2.75) is 26.6 Å². The Hall–Kier alpha value is -2.85. The van der Waals surface area contributed by atoms with E-state index < -0.39 is 0 Å². The van der Waals surface area contributed by atoms with Gasteiger partial charge in [-0.25, -0.2) is 0 Å². The van der Waals surface area contributed by atoms with Crippen LogP contribution < -0.4 is 14.8 Å². The zero-order valence-electron chi connectivity index (χ0n) is 15.2. The van der Waals surface area contributed by atoms with Crippen LogP contribution in [0.2, 0.25) is 0 Å². The molecule has 0 radical (unpaired) electrons. The summed E-state index contributed by atoms with van der Waals surface area (Å²) in [6.07, 6.45) is 1.80. The van der Waals surface area contributed by atoms with E-state index in [2.05, 4.69) is 41.5 Å². The van der Waals surface area contributed by atoms with Gasteiger partial charge in [0.25, 0.3) is 0 Å². The van der Waals surface area contributed by atoms with Crippen molar-refractivity contribution in [2.75, 3.05) is 7.11 Å². The molecule has 3 aromatic rings. The van der Waals surface area contributed by atoms with Gasteiger partial charge in [0, 0.05) is 24.8 Å². The minimum Gasteiger partial charge on any atom is -0.493 e. The van der Waals surface area contributed by atoms with Gasteiger partial charge in [0.1, 0.15) is 6.61 Å². The number of hydrogen-bond donors (Lipinski definition) is 1. The highest BCUT2D eigenvalue weighted by Crippen LogP contribution is 2.32. The molecule has 0 fully saturated rings. The van der Waals surface area contributed by atoms with E-state index in [1.165, 1.54) is 5.56 Å². The van der Waals surface area contributed by atoms with E-state index in [-0.39, 0.29) is 0 Å². The SMILES string of the molecule is COc1cccc(CNCc2ccccn2)c1OCc1cccc(C)c1. The quantitative estimate of drug-likeness (QED) is 0.660. The third-order valence-electron chi connectivity index (χ3n) is 4.09. The molecule has 0 aliphatic carbocycles. The molecule has 4 nitrogen and oxygen atoms in total. The van der Waals surface area contributed by atoms with Gasteiger partial charge in [-0.05, 0) is 30.7 Å². The smallest absolute Gasteiger partial charge is 0.166 e. The fourth-order valence-corrected chi connectivity index (χ4v) is 2.81. The number of methoxy groups -OCH3 is 1. The molecular formula is C22H24N2O2. The molecule has 26 heavy (non-hydrogen) atoms. The molecule has 3 rings (SSSR count). The molecule has 0 aliphatic rings. The van der Waals surface area contributed by atoms with Crippen LogP contribution >= 0.6 is 0 Å². The second kappa shape index (κ2) is 9.02. The van der Waals surface area contributed by atoms with Gasteiger partial charge in [-0.15, -0.1) is 0 Å². The molecule has 134 valence electrons. The van der Waals surface area contributed by atoms with Gasteiger partial charge in [0.15, 0.2) is 11.5 Å². The molecule has 0 spiro atoms. The predicted molar refractivity (Wildman–Crippen MR) is 103 cm³/mol. The molecule has 0 atom stereocenters. The Morgan fingerprint density at radius 1 is 0.962 bits per heavy atom. The van der Waals surface area contributed by atoms with Gasteiger partial charge in [0.2, 0.25) is 0 Å². The minimum atomic E-state index is 0.509. The molecule has 4 heteroatoms. The van der Waals surface area contributed by atoms with E-state index in [0.717, 1.165) is 28.3 Å². The van der Waals surface area contributed by atoms with Crippen LogP contribution in [-0.4, -0.2) is 12.1 Å². The summed E-state index contributed by atoms with van der Waals surface area (Å²) in [5.41, 5.74) is 4.44. The van der Waals surface area contributed by atoms with Gasteiger partial charge in [-0.2, -0.15) is 0 Å². The van der Waals surface area contributed by atoms with E-state index in [4.69, 9.17) is 9.47 Å². The number of aromatic nitrogens is 1. The van der Waals surface area contributed by atoms with Crippen molar-refractivity contribution >= 4 is 0 Å². The number of nitrogens with one attached hydrogen (secondary N) is 1. The Morgan fingerprint density at radius 2 is 1.85 bits per heavy atom. The molecule has 2 aromatic carbocycles. The summed E-state index contributed by atoms with van der Waals surface area (Å²) < 4.78 is 11.6. The van der Waals surface area contributed by atoms with E-state index >= 15 is 0 Å². The summed E-state index contributed by atoms with van der Waals surface area (Å²) in [5.74, 6) is 1.53. The van der Waals surface area contributed by atoms with Crippen molar-refractivity contribution in [3.05, 3.63) is 89.2 Å². The molecule has 0 amide bonds. The molecular weight excluding hydrogens is 324 g/mol. The van der Waals surface area contributed by atoms with Crippen LogP contribution in [0, 0.1) is 6.92 Å². The number of para-hydroxylation sites is 1. The number of nitrogens with zero attached hydrogens (tertiary/aromatic N) is 1. The number of ether oxygens (including phenoxy) is 2. The summed E-state index contributed by atoms with van der Waals surface area (Å²) >= 11 is 0. The lowest BCUT2D eigenvalue weighted by Crippen LogP contribution is -2.14. The van der Waals surface area contributed by atoms with Crippen molar-refractivity contribution in [1.82, 2.24) is 10.3 Å². The summed E-state index contributed by atoms with van der Waals surface area (Å²) in [6, 6.07) is 20.2. The van der Waals surface area contributed by atoms with Crippen molar-refractivity contribution in [1.29, 1.82) is 0 Å². The van der Waals surface area contributed by atoms with Crippen LogP contribution in [0.4, 0.5) is 0 Å². The van der Waals surface area contributed by atoms with E-state index in [9.17, 15) is 0 Å². The standard InChI is InChI=1S/C22H24N2O2/c1-17-7-5-8-18(13-17)16-26-22-19(9-6-11-21(22)25-2)14-23-15-20-10-3-4-12-24-20/h3-13,23H,14-16H2,1-2H3. The Labute approximate surface area is 154 Å². The molecule has 1 aromatic heterocycles. The Kier molecular flexibility index (Phi) is 6.23. The van der Waals surface area contributed by atoms with Crippen LogP contribution in [0.1, 0.15) is 22.4 Å². The predicted octanol–water partition coefficient (Wildman–Crippen LogP) is 4.27. The minimum absolute atomic E-state index is 0.509. The van der Waals surface area contributed by atoms with Crippen molar-refractivity contribution < 1.29 is 9.47 Å². The lowest BCUT2D eigenvalue weighted by Gasteiger charge is -2.16. The van der Waals surface area contributed by atoms with E-state index in [0.29, 0.717) is 19.7 Å². The second-order valence-corrected chi connectivity index (χ2v) is 6.15. The lowest BCUT2D eigenvalue weighted by molar-refractivity contribution is 0.280. The topological polar surface area (TPSA) is 43.4 Å². The van der Waals surface area contributed by atoms with Crippen molar-refractivity contribution in [3.8, 4) is 11.5 Å². The fraction of sp³-hybridized carbons (Fsp3) is 0.227. The summed E-state index contributed by atoms with van der Waals surface area (Å²) in [7, 11) is 1.67. The molecule has 0 bridgehead atoms. The second-order valence-electron chi connectivity index (χ2n) is 6.15. The zero-order chi connectivity index (χ0) is 18.2. The monoisotopic (exact) mass is 348 g/mol. The molecule has 1 N–H and O–H groups in total. The first-order chi connectivity index (χ1) is 12.8. The first-order valence-corrected chi connectivity index (χ1v) is 8.71. The number of hydrogen-bond acceptors (Lipinski definition) is 4. The average Bonchev–Trinajstić information content (AvgIpc) is 2.67. The Morgan fingerprint density at radius 3 is 2.62 bits per heavy atom. The highest BCUT2D eigenvalue weighted by molar-refractivity contribution is 5.46. The van der Waals surface area contributed by atoms with Crippen molar-refractivity contribution in [2.24, 2.45) is 0 Å². The van der Waals surface area contributed by atoms with Crippen LogP contribution in [0.25, 0.3) is 0 Å². The molecule has 0 saturated carbocycles. The maximum absolute atomic E-state index is 6.12. The normalized spacial score (nSPS) is 10.5. The van der Waals surface area contributed by atoms with Crippen LogP contribution in [0.15, 0.2) is 66.9 Å². The summed E-state index contributed by atoms with van der Waals surface area (Å²) in [5, 5.41) is 3.42. The van der Waals surface area contributed by atoms with Gasteiger partial charge >= 0.3 is 0 Å². The third kappa shape index (κ3) is 4.83. The highest BCUT2D eigenvalue weighted by Gasteiger charge is 2.11. The van der Waals surface area contributed by atoms with E-state index in [1.54, 1.807) is 13.3 Å². The molecule has 1 heterocycles. The van der Waals surface area contributed by atoms with Crippen LogP contribution in [0.5, 0.6) is 11.5 Å². The maximum Gasteiger partial charge on any atom is 0.166 e. The number of rotatable bonds is 8. The first-order valence-electron chi connectivity index (χ1n) is 8.71. The lowest BCUT2D eigenvalue weighted by atomic mass is 10.1. The first kappa shape index (κ1) is 18.0. The maximum atomic E-state index is 6.12. The molecule has 0 saturated heterocycles. The van der Waals surface area contributed by atoms with E-state index in [1.807, 2.05) is 36.4 Å². The molecule has 0 unspecified atom stereocenters. The van der Waals surface area contributed by atoms with Crippen LogP contribution in [0.3, 0.4) is 0 Å². The van der Waals surface area contributed by atoms with Gasteiger partial charge in [-0.1, -0.05) is 48.0 Å². The largest absolute Gasteiger partial charge is 0.493 e. The molecule has 0 aliphatic heterocycles. The Bertz CT molecular complexity index is 835.